The summed E-state index contributed by atoms with van der Waals surface area (Å²) in [5.74, 6) is 1.40. The molecule has 5 nitrogen and oxygen atoms in total. The number of methoxy groups -OCH3 is 2. The quantitative estimate of drug-likeness (QED) is 0.887. The molecular weight excluding hydrogens is 268 g/mol. The third-order valence-corrected chi connectivity index (χ3v) is 3.02. The molecule has 1 aromatic carbocycles. The molecule has 0 atom stereocenters. The number of nitrogens with one attached hydrogen (secondary N) is 1. The van der Waals surface area contributed by atoms with Gasteiger partial charge in [0.1, 0.15) is 11.5 Å². The van der Waals surface area contributed by atoms with Crippen LogP contribution in [0, 0.1) is 0 Å². The molecule has 0 saturated heterocycles. The lowest BCUT2D eigenvalue weighted by molar-refractivity contribution is -0.116. The van der Waals surface area contributed by atoms with E-state index < -0.39 is 0 Å². The van der Waals surface area contributed by atoms with Crippen molar-refractivity contribution in [3.63, 3.8) is 0 Å². The maximum atomic E-state index is 11.9. The van der Waals surface area contributed by atoms with Gasteiger partial charge in [-0.25, -0.2) is 0 Å². The molecule has 21 heavy (non-hydrogen) atoms. The van der Waals surface area contributed by atoms with Crippen LogP contribution >= 0.6 is 0 Å². The number of pyridine rings is 1. The molecule has 1 amide bonds. The number of anilines is 1. The van der Waals surface area contributed by atoms with Crippen LogP contribution in [0.4, 0.5) is 5.69 Å². The number of nitrogens with zero attached hydrogens (tertiary/aromatic N) is 1. The first-order valence-electron chi connectivity index (χ1n) is 6.63. The predicted octanol–water partition coefficient (Wildman–Crippen LogP) is 2.67. The van der Waals surface area contributed by atoms with Crippen molar-refractivity contribution in [1.29, 1.82) is 0 Å². The summed E-state index contributed by atoms with van der Waals surface area (Å²) in [5.41, 5.74) is 1.74. The minimum atomic E-state index is -0.0389. The molecule has 0 aliphatic heterocycles. The van der Waals surface area contributed by atoms with Gasteiger partial charge in [0.25, 0.3) is 0 Å². The monoisotopic (exact) mass is 286 g/mol. The Morgan fingerprint density at radius 1 is 1.10 bits per heavy atom. The van der Waals surface area contributed by atoms with Crippen molar-refractivity contribution in [3.05, 3.63) is 48.3 Å². The maximum absolute atomic E-state index is 11.9. The summed E-state index contributed by atoms with van der Waals surface area (Å²) < 4.78 is 10.4. The van der Waals surface area contributed by atoms with Crippen LogP contribution in [0.25, 0.3) is 0 Å². The Hall–Kier alpha value is -2.56. The molecular formula is C16H18N2O3. The summed E-state index contributed by atoms with van der Waals surface area (Å²) in [5, 5.41) is 2.83. The van der Waals surface area contributed by atoms with Gasteiger partial charge in [0.05, 0.1) is 14.2 Å². The second kappa shape index (κ2) is 7.28. The van der Waals surface area contributed by atoms with Gasteiger partial charge < -0.3 is 14.8 Å². The van der Waals surface area contributed by atoms with E-state index in [1.165, 1.54) is 0 Å². The Labute approximate surface area is 123 Å². The number of hydrogen-bond donors (Lipinski definition) is 1. The average molecular weight is 286 g/mol. The highest BCUT2D eigenvalue weighted by Crippen LogP contribution is 2.23. The fraction of sp³-hybridized carbons (Fsp3) is 0.250. The summed E-state index contributed by atoms with van der Waals surface area (Å²) in [7, 11) is 3.21. The summed E-state index contributed by atoms with van der Waals surface area (Å²) in [6.07, 6.45) is 4.29. The molecule has 2 aromatic rings. The van der Waals surface area contributed by atoms with E-state index in [9.17, 15) is 4.79 Å². The summed E-state index contributed by atoms with van der Waals surface area (Å²) in [6, 6.07) is 9.13. The predicted molar refractivity (Wildman–Crippen MR) is 80.7 cm³/mol. The Kier molecular flexibility index (Phi) is 5.15. The molecule has 0 radical (unpaired) electrons. The molecule has 110 valence electrons. The number of amides is 1. The third-order valence-electron chi connectivity index (χ3n) is 3.02. The molecule has 0 saturated carbocycles. The fourth-order valence-electron chi connectivity index (χ4n) is 1.93. The Morgan fingerprint density at radius 2 is 1.71 bits per heavy atom. The van der Waals surface area contributed by atoms with Crippen molar-refractivity contribution in [3.8, 4) is 11.5 Å². The number of carbonyl (C=O) groups excluding carboxylic acids is 1. The lowest BCUT2D eigenvalue weighted by atomic mass is 10.1. The van der Waals surface area contributed by atoms with Crippen molar-refractivity contribution in [1.82, 2.24) is 4.98 Å². The van der Waals surface area contributed by atoms with E-state index in [-0.39, 0.29) is 5.91 Å². The lowest BCUT2D eigenvalue weighted by Crippen LogP contribution is -2.12. The highest BCUT2D eigenvalue weighted by molar-refractivity contribution is 5.90. The minimum absolute atomic E-state index is 0.0389. The molecule has 0 aliphatic carbocycles. The lowest BCUT2D eigenvalue weighted by Gasteiger charge is -2.09. The van der Waals surface area contributed by atoms with Gasteiger partial charge in [-0.2, -0.15) is 0 Å². The van der Waals surface area contributed by atoms with Crippen molar-refractivity contribution in [2.24, 2.45) is 0 Å². The van der Waals surface area contributed by atoms with E-state index in [0.717, 1.165) is 22.7 Å². The van der Waals surface area contributed by atoms with Gasteiger partial charge in [-0.05, 0) is 36.2 Å². The number of aryl methyl sites for hydroxylation is 1. The van der Waals surface area contributed by atoms with Crippen LogP contribution in [0.15, 0.2) is 42.7 Å². The van der Waals surface area contributed by atoms with Crippen LogP contribution < -0.4 is 14.8 Å². The van der Waals surface area contributed by atoms with Crippen LogP contribution in [0.3, 0.4) is 0 Å². The molecule has 0 bridgehead atoms. The first-order valence-corrected chi connectivity index (χ1v) is 6.63. The first kappa shape index (κ1) is 14.8. The highest BCUT2D eigenvalue weighted by Gasteiger charge is 2.06. The van der Waals surface area contributed by atoms with Gasteiger partial charge in [0, 0.05) is 30.6 Å². The maximum Gasteiger partial charge on any atom is 0.224 e. The minimum Gasteiger partial charge on any atom is -0.497 e. The van der Waals surface area contributed by atoms with E-state index in [0.29, 0.717) is 12.8 Å². The topological polar surface area (TPSA) is 60.5 Å². The van der Waals surface area contributed by atoms with Gasteiger partial charge in [0.15, 0.2) is 0 Å². The van der Waals surface area contributed by atoms with E-state index >= 15 is 0 Å². The number of ether oxygens (including phenoxy) is 2. The zero-order valence-electron chi connectivity index (χ0n) is 12.1. The second-order valence-electron chi connectivity index (χ2n) is 4.50. The Morgan fingerprint density at radius 3 is 2.29 bits per heavy atom. The molecule has 2 rings (SSSR count). The average Bonchev–Trinajstić information content (AvgIpc) is 2.53. The third kappa shape index (κ3) is 4.49. The number of rotatable bonds is 6. The molecule has 0 unspecified atom stereocenters. The smallest absolute Gasteiger partial charge is 0.224 e. The van der Waals surface area contributed by atoms with Gasteiger partial charge in [-0.15, -0.1) is 0 Å². The van der Waals surface area contributed by atoms with Crippen molar-refractivity contribution in [2.75, 3.05) is 19.5 Å². The first-order chi connectivity index (χ1) is 10.2. The van der Waals surface area contributed by atoms with Crippen molar-refractivity contribution >= 4 is 11.6 Å². The second-order valence-corrected chi connectivity index (χ2v) is 4.50. The molecule has 1 heterocycles. The zero-order valence-corrected chi connectivity index (χ0v) is 12.1. The van der Waals surface area contributed by atoms with Gasteiger partial charge in [0.2, 0.25) is 5.91 Å². The summed E-state index contributed by atoms with van der Waals surface area (Å²) >= 11 is 0. The molecule has 1 N–H and O–H groups in total. The van der Waals surface area contributed by atoms with Crippen LogP contribution in [-0.4, -0.2) is 25.1 Å². The Bertz CT molecular complexity index is 577. The standard InChI is InChI=1S/C16H18N2O3/c1-20-14-9-12(10-15(11-14)21-2)3-4-16(19)18-13-5-7-17-8-6-13/h5-11H,3-4H2,1-2H3,(H,17,18,19). The van der Waals surface area contributed by atoms with E-state index in [1.807, 2.05) is 12.1 Å². The van der Waals surface area contributed by atoms with Crippen LogP contribution in [-0.2, 0) is 11.2 Å². The highest BCUT2D eigenvalue weighted by atomic mass is 16.5. The van der Waals surface area contributed by atoms with Crippen LogP contribution in [0.5, 0.6) is 11.5 Å². The molecule has 0 spiro atoms. The van der Waals surface area contributed by atoms with E-state index in [4.69, 9.17) is 9.47 Å². The van der Waals surface area contributed by atoms with Crippen LogP contribution in [0.2, 0.25) is 0 Å². The number of benzene rings is 1. The van der Waals surface area contributed by atoms with Crippen LogP contribution in [0.1, 0.15) is 12.0 Å². The normalized spacial score (nSPS) is 10.0. The van der Waals surface area contributed by atoms with Gasteiger partial charge in [-0.1, -0.05) is 0 Å². The number of aromatic nitrogens is 1. The number of carbonyl (C=O) groups is 1. The van der Waals surface area contributed by atoms with E-state index in [2.05, 4.69) is 10.3 Å². The molecule has 0 fully saturated rings. The molecule has 1 aromatic heterocycles. The molecule has 0 aliphatic rings. The zero-order chi connectivity index (χ0) is 15.1. The number of hydrogen-bond acceptors (Lipinski definition) is 4. The van der Waals surface area contributed by atoms with Crippen molar-refractivity contribution < 1.29 is 14.3 Å². The van der Waals surface area contributed by atoms with E-state index in [1.54, 1.807) is 44.8 Å². The fourth-order valence-corrected chi connectivity index (χ4v) is 1.93. The summed E-state index contributed by atoms with van der Waals surface area (Å²) in [6.45, 7) is 0. The SMILES string of the molecule is COc1cc(CCC(=O)Nc2ccncc2)cc(OC)c1. The largest absolute Gasteiger partial charge is 0.497 e. The molecule has 5 heteroatoms. The van der Waals surface area contributed by atoms with Gasteiger partial charge in [-0.3, -0.25) is 9.78 Å². The van der Waals surface area contributed by atoms with Gasteiger partial charge >= 0.3 is 0 Å². The summed E-state index contributed by atoms with van der Waals surface area (Å²) in [4.78, 5) is 15.8. The van der Waals surface area contributed by atoms with Crippen molar-refractivity contribution in [2.45, 2.75) is 12.8 Å². The Balaban J connectivity index is 1.94.